The third-order valence-corrected chi connectivity index (χ3v) is 4.37. The van der Waals surface area contributed by atoms with Gasteiger partial charge in [-0.05, 0) is 23.8 Å². The van der Waals surface area contributed by atoms with Crippen molar-refractivity contribution < 1.29 is 9.47 Å². The van der Waals surface area contributed by atoms with Crippen LogP contribution >= 0.6 is 15.9 Å². The highest BCUT2D eigenvalue weighted by molar-refractivity contribution is 9.10. The van der Waals surface area contributed by atoms with E-state index in [2.05, 4.69) is 21.0 Å². The maximum atomic E-state index is 12.6. The molecular weight excluding hydrogens is 360 g/mol. The first-order valence-corrected chi connectivity index (χ1v) is 7.78. The molecule has 0 amide bonds. The van der Waals surface area contributed by atoms with E-state index in [0.717, 1.165) is 15.4 Å². The maximum Gasteiger partial charge on any atom is 0.274 e. The summed E-state index contributed by atoms with van der Waals surface area (Å²) in [6.45, 7) is 0.338. The second-order valence-electron chi connectivity index (χ2n) is 4.99. The van der Waals surface area contributed by atoms with Gasteiger partial charge in [0.05, 0.1) is 32.3 Å². The van der Waals surface area contributed by atoms with E-state index in [1.54, 1.807) is 26.5 Å². The van der Waals surface area contributed by atoms with Gasteiger partial charge in [-0.25, -0.2) is 4.68 Å². The van der Waals surface area contributed by atoms with Gasteiger partial charge in [-0.15, -0.1) is 0 Å². The van der Waals surface area contributed by atoms with Crippen molar-refractivity contribution in [3.05, 3.63) is 63.0 Å². The van der Waals surface area contributed by atoms with Crippen LogP contribution in [-0.2, 0) is 6.54 Å². The second-order valence-corrected chi connectivity index (χ2v) is 5.85. The van der Waals surface area contributed by atoms with Crippen LogP contribution in [0.4, 0.5) is 0 Å². The lowest BCUT2D eigenvalue weighted by atomic mass is 10.2. The second kappa shape index (κ2) is 6.42. The topological polar surface area (TPSA) is 53.4 Å². The fourth-order valence-electron chi connectivity index (χ4n) is 2.42. The highest BCUT2D eigenvalue weighted by Crippen LogP contribution is 2.33. The van der Waals surface area contributed by atoms with Crippen LogP contribution in [0.3, 0.4) is 0 Å². The number of hydrogen-bond donors (Lipinski definition) is 0. The Bertz CT molecular complexity index is 921. The van der Waals surface area contributed by atoms with Gasteiger partial charge in [-0.1, -0.05) is 34.1 Å². The zero-order chi connectivity index (χ0) is 16.4. The summed E-state index contributed by atoms with van der Waals surface area (Å²) in [6.07, 6.45) is 1.70. The van der Waals surface area contributed by atoms with Crippen LogP contribution in [0.1, 0.15) is 5.56 Å². The highest BCUT2D eigenvalue weighted by atomic mass is 79.9. The molecule has 0 unspecified atom stereocenters. The van der Waals surface area contributed by atoms with Crippen molar-refractivity contribution in [1.82, 2.24) is 9.78 Å². The molecule has 0 atom stereocenters. The Morgan fingerprint density at radius 2 is 1.83 bits per heavy atom. The first kappa shape index (κ1) is 15.6. The quantitative estimate of drug-likeness (QED) is 0.703. The monoisotopic (exact) mass is 374 g/mol. The Labute approximate surface area is 141 Å². The third kappa shape index (κ3) is 2.94. The molecule has 2 aromatic carbocycles. The van der Waals surface area contributed by atoms with Gasteiger partial charge in [0.25, 0.3) is 5.56 Å². The first-order chi connectivity index (χ1) is 11.1. The molecule has 118 valence electrons. The summed E-state index contributed by atoms with van der Waals surface area (Å²) in [7, 11) is 3.16. The molecule has 3 aromatic rings. The molecule has 0 fully saturated rings. The van der Waals surface area contributed by atoms with E-state index in [1.807, 2.05) is 30.3 Å². The number of rotatable bonds is 4. The van der Waals surface area contributed by atoms with Gasteiger partial charge in [0.15, 0.2) is 11.5 Å². The summed E-state index contributed by atoms with van der Waals surface area (Å²) in [4.78, 5) is 12.6. The summed E-state index contributed by atoms with van der Waals surface area (Å²) < 4.78 is 12.9. The van der Waals surface area contributed by atoms with Crippen molar-refractivity contribution in [2.24, 2.45) is 0 Å². The van der Waals surface area contributed by atoms with Crippen LogP contribution in [0, 0.1) is 0 Å². The van der Waals surface area contributed by atoms with Crippen molar-refractivity contribution in [2.45, 2.75) is 6.54 Å². The molecule has 0 bridgehead atoms. The van der Waals surface area contributed by atoms with Crippen LogP contribution in [-0.4, -0.2) is 24.0 Å². The summed E-state index contributed by atoms with van der Waals surface area (Å²) >= 11 is 3.50. The number of nitrogens with zero attached hydrogens (tertiary/aromatic N) is 2. The van der Waals surface area contributed by atoms with Gasteiger partial charge in [-0.2, -0.15) is 5.10 Å². The number of hydrogen-bond acceptors (Lipinski definition) is 4. The number of aromatic nitrogens is 2. The lowest BCUT2D eigenvalue weighted by Gasteiger charge is -2.12. The molecule has 0 aliphatic carbocycles. The number of benzene rings is 2. The Balaban J connectivity index is 2.06. The predicted molar refractivity (Wildman–Crippen MR) is 92.4 cm³/mol. The van der Waals surface area contributed by atoms with Crippen molar-refractivity contribution in [3.8, 4) is 11.5 Å². The van der Waals surface area contributed by atoms with E-state index in [4.69, 9.17) is 9.47 Å². The van der Waals surface area contributed by atoms with Gasteiger partial charge in [0.1, 0.15) is 0 Å². The molecule has 1 heterocycles. The Morgan fingerprint density at radius 3 is 2.57 bits per heavy atom. The largest absolute Gasteiger partial charge is 0.493 e. The minimum absolute atomic E-state index is 0.121. The number of halogens is 1. The van der Waals surface area contributed by atoms with Crippen LogP contribution in [0.15, 0.2) is 51.9 Å². The third-order valence-electron chi connectivity index (χ3n) is 3.63. The van der Waals surface area contributed by atoms with E-state index in [-0.39, 0.29) is 5.56 Å². The Kier molecular flexibility index (Phi) is 4.34. The van der Waals surface area contributed by atoms with Crippen LogP contribution < -0.4 is 15.0 Å². The van der Waals surface area contributed by atoms with E-state index in [0.29, 0.717) is 23.4 Å². The molecule has 0 spiro atoms. The molecule has 5 nitrogen and oxygen atoms in total. The number of fused-ring (bicyclic) bond motifs is 1. The van der Waals surface area contributed by atoms with E-state index in [1.165, 1.54) is 4.68 Å². The summed E-state index contributed by atoms with van der Waals surface area (Å²) in [5.74, 6) is 1.24. The molecule has 0 aliphatic heterocycles. The first-order valence-electron chi connectivity index (χ1n) is 6.99. The van der Waals surface area contributed by atoms with Crippen LogP contribution in [0.25, 0.3) is 10.8 Å². The van der Waals surface area contributed by atoms with E-state index in [9.17, 15) is 4.79 Å². The van der Waals surface area contributed by atoms with Gasteiger partial charge >= 0.3 is 0 Å². The standard InChI is InChI=1S/C17H15BrN2O3/c1-22-15-7-12(14(18)8-16(15)23-2)10-20-17(21)13-6-4-3-5-11(13)9-19-20/h3-9H,10H2,1-2H3. The van der Waals surface area contributed by atoms with Crippen molar-refractivity contribution >= 4 is 26.7 Å². The Morgan fingerprint density at radius 1 is 1.13 bits per heavy atom. The molecule has 23 heavy (non-hydrogen) atoms. The van der Waals surface area contributed by atoms with Crippen molar-refractivity contribution in [1.29, 1.82) is 0 Å². The normalized spacial score (nSPS) is 10.7. The molecule has 0 saturated carbocycles. The molecule has 6 heteroatoms. The van der Waals surface area contributed by atoms with Crippen molar-refractivity contribution in [2.75, 3.05) is 14.2 Å². The van der Waals surface area contributed by atoms with Gasteiger partial charge in [-0.3, -0.25) is 4.79 Å². The molecule has 0 aliphatic rings. The molecule has 1 aromatic heterocycles. The molecule has 0 radical (unpaired) electrons. The zero-order valence-electron chi connectivity index (χ0n) is 12.7. The Hall–Kier alpha value is -2.34. The van der Waals surface area contributed by atoms with Gasteiger partial charge in [0, 0.05) is 9.86 Å². The zero-order valence-corrected chi connectivity index (χ0v) is 14.3. The fourth-order valence-corrected chi connectivity index (χ4v) is 2.87. The SMILES string of the molecule is COc1cc(Br)c(Cn2ncc3ccccc3c2=O)cc1OC. The summed E-state index contributed by atoms with van der Waals surface area (Å²) in [6, 6.07) is 11.1. The average Bonchev–Trinajstić information content (AvgIpc) is 2.58. The minimum atomic E-state index is -0.121. The molecule has 0 saturated heterocycles. The van der Waals surface area contributed by atoms with E-state index >= 15 is 0 Å². The smallest absolute Gasteiger partial charge is 0.274 e. The lowest BCUT2D eigenvalue weighted by molar-refractivity contribution is 0.354. The average molecular weight is 375 g/mol. The molecular formula is C17H15BrN2O3. The summed E-state index contributed by atoms with van der Waals surface area (Å²) in [5, 5.41) is 5.74. The predicted octanol–water partition coefficient (Wildman–Crippen LogP) is 3.22. The van der Waals surface area contributed by atoms with Crippen LogP contribution in [0.5, 0.6) is 11.5 Å². The van der Waals surface area contributed by atoms with Crippen LogP contribution in [0.2, 0.25) is 0 Å². The van der Waals surface area contributed by atoms with Gasteiger partial charge in [0.2, 0.25) is 0 Å². The molecule has 3 rings (SSSR count). The number of methoxy groups -OCH3 is 2. The van der Waals surface area contributed by atoms with E-state index < -0.39 is 0 Å². The summed E-state index contributed by atoms with van der Waals surface area (Å²) in [5.41, 5.74) is 0.761. The highest BCUT2D eigenvalue weighted by Gasteiger charge is 2.12. The number of ether oxygens (including phenoxy) is 2. The fraction of sp³-hybridized carbons (Fsp3) is 0.176. The molecule has 0 N–H and O–H groups in total. The maximum absolute atomic E-state index is 12.6. The van der Waals surface area contributed by atoms with Crippen molar-refractivity contribution in [3.63, 3.8) is 0 Å². The minimum Gasteiger partial charge on any atom is -0.493 e. The lowest BCUT2D eigenvalue weighted by Crippen LogP contribution is -2.23. The van der Waals surface area contributed by atoms with Gasteiger partial charge < -0.3 is 9.47 Å².